The number of thioether (sulfide) groups is 1. The minimum absolute atomic E-state index is 0.0369. The molecule has 2 N–H and O–H groups in total. The number of nitrogens with zero attached hydrogens (tertiary/aromatic N) is 3. The van der Waals surface area contributed by atoms with Gasteiger partial charge in [-0.05, 0) is 48.2 Å². The monoisotopic (exact) mass is 490 g/mol. The maximum Gasteiger partial charge on any atom is 0.262 e. The van der Waals surface area contributed by atoms with E-state index in [1.165, 1.54) is 23.9 Å². The fourth-order valence-electron chi connectivity index (χ4n) is 3.59. The molecule has 0 radical (unpaired) electrons. The van der Waals surface area contributed by atoms with Crippen molar-refractivity contribution in [3.8, 4) is 6.07 Å². The third-order valence-electron chi connectivity index (χ3n) is 5.36. The number of hydrogen-bond donors (Lipinski definition) is 1. The van der Waals surface area contributed by atoms with Crippen LogP contribution in [0, 0.1) is 11.3 Å². The van der Waals surface area contributed by atoms with Gasteiger partial charge in [-0.2, -0.15) is 5.26 Å². The van der Waals surface area contributed by atoms with Gasteiger partial charge in [-0.25, -0.2) is 18.5 Å². The third-order valence-corrected chi connectivity index (χ3v) is 7.37. The van der Waals surface area contributed by atoms with Gasteiger partial charge in [0.05, 0.1) is 21.9 Å². The van der Waals surface area contributed by atoms with Gasteiger partial charge in [0.2, 0.25) is 10.0 Å². The van der Waals surface area contributed by atoms with E-state index in [0.717, 1.165) is 11.1 Å². The van der Waals surface area contributed by atoms with Gasteiger partial charge >= 0.3 is 0 Å². The Kier molecular flexibility index (Phi) is 7.12. The molecule has 0 saturated carbocycles. The first-order valence-electron chi connectivity index (χ1n) is 10.6. The second kappa shape index (κ2) is 10.2. The van der Waals surface area contributed by atoms with Crippen molar-refractivity contribution in [1.29, 1.82) is 5.26 Å². The highest BCUT2D eigenvalue weighted by Crippen LogP contribution is 2.25. The van der Waals surface area contributed by atoms with Gasteiger partial charge in [-0.15, -0.1) is 0 Å². The molecule has 7 nitrogen and oxygen atoms in total. The molecule has 9 heteroatoms. The van der Waals surface area contributed by atoms with Crippen LogP contribution in [-0.4, -0.2) is 23.2 Å². The molecule has 0 spiro atoms. The van der Waals surface area contributed by atoms with Gasteiger partial charge in [0.15, 0.2) is 5.16 Å². The summed E-state index contributed by atoms with van der Waals surface area (Å²) < 4.78 is 24.6. The van der Waals surface area contributed by atoms with E-state index in [0.29, 0.717) is 35.4 Å². The number of sulfonamides is 1. The van der Waals surface area contributed by atoms with Crippen molar-refractivity contribution >= 4 is 32.7 Å². The molecule has 4 aromatic rings. The Morgan fingerprint density at radius 3 is 2.32 bits per heavy atom. The van der Waals surface area contributed by atoms with Crippen LogP contribution < -0.4 is 10.7 Å². The van der Waals surface area contributed by atoms with Crippen molar-refractivity contribution in [2.45, 2.75) is 34.7 Å². The number of rotatable bonds is 8. The Balaban J connectivity index is 1.64. The summed E-state index contributed by atoms with van der Waals surface area (Å²) in [6, 6.07) is 25.5. The SMILES string of the molecule is N#CC(Cc1ccccc1)Sc1nc2ccccc2c(=O)n1CCc1ccc(S(N)(=O)=O)cc1. The van der Waals surface area contributed by atoms with Crippen LogP contribution in [0.25, 0.3) is 10.9 Å². The number of aryl methyl sites for hydroxylation is 1. The largest absolute Gasteiger partial charge is 0.287 e. The predicted molar refractivity (Wildman–Crippen MR) is 133 cm³/mol. The van der Waals surface area contributed by atoms with E-state index in [9.17, 15) is 18.5 Å². The minimum atomic E-state index is -3.77. The number of fused-ring (bicyclic) bond motifs is 1. The molecule has 172 valence electrons. The number of para-hydroxylation sites is 1. The van der Waals surface area contributed by atoms with Crippen LogP contribution in [0.15, 0.2) is 93.7 Å². The number of hydrogen-bond acceptors (Lipinski definition) is 6. The summed E-state index contributed by atoms with van der Waals surface area (Å²) in [7, 11) is -3.77. The summed E-state index contributed by atoms with van der Waals surface area (Å²) in [6.45, 7) is 0.331. The van der Waals surface area contributed by atoms with Crippen molar-refractivity contribution in [2.75, 3.05) is 0 Å². The molecule has 0 fully saturated rings. The molecule has 1 aromatic heterocycles. The van der Waals surface area contributed by atoms with Crippen molar-refractivity contribution in [1.82, 2.24) is 9.55 Å². The quantitative estimate of drug-likeness (QED) is 0.298. The van der Waals surface area contributed by atoms with Crippen LogP contribution in [0.1, 0.15) is 11.1 Å². The first kappa shape index (κ1) is 23.7. The van der Waals surface area contributed by atoms with Gasteiger partial charge in [0.1, 0.15) is 5.25 Å². The minimum Gasteiger partial charge on any atom is -0.287 e. The van der Waals surface area contributed by atoms with Gasteiger partial charge in [0, 0.05) is 6.54 Å². The topological polar surface area (TPSA) is 119 Å². The van der Waals surface area contributed by atoms with E-state index in [2.05, 4.69) is 6.07 Å². The molecule has 0 bridgehead atoms. The predicted octanol–water partition coefficient (Wildman–Crippen LogP) is 3.51. The number of aromatic nitrogens is 2. The molecule has 0 aliphatic rings. The fourth-order valence-corrected chi connectivity index (χ4v) is 5.14. The summed E-state index contributed by atoms with van der Waals surface area (Å²) in [5, 5.41) is 15.5. The summed E-state index contributed by atoms with van der Waals surface area (Å²) in [5.41, 5.74) is 2.29. The average molecular weight is 491 g/mol. The molecule has 0 aliphatic heterocycles. The summed E-state index contributed by atoms with van der Waals surface area (Å²) in [6.07, 6.45) is 1.01. The van der Waals surface area contributed by atoms with E-state index in [1.54, 1.807) is 34.9 Å². The van der Waals surface area contributed by atoms with Gasteiger partial charge < -0.3 is 0 Å². The number of primary sulfonamides is 1. The maximum absolute atomic E-state index is 13.3. The molecule has 0 amide bonds. The maximum atomic E-state index is 13.3. The smallest absolute Gasteiger partial charge is 0.262 e. The van der Waals surface area contributed by atoms with Crippen LogP contribution in [0.3, 0.4) is 0 Å². The van der Waals surface area contributed by atoms with Gasteiger partial charge in [-0.3, -0.25) is 9.36 Å². The number of nitriles is 1. The molecule has 1 heterocycles. The molecule has 1 unspecified atom stereocenters. The lowest BCUT2D eigenvalue weighted by Crippen LogP contribution is -2.25. The zero-order chi connectivity index (χ0) is 24.1. The molecular formula is C25H22N4O3S2. The van der Waals surface area contributed by atoms with Crippen molar-refractivity contribution in [3.63, 3.8) is 0 Å². The number of nitrogens with two attached hydrogens (primary N) is 1. The molecule has 0 saturated heterocycles. The Hall–Kier alpha value is -3.45. The number of benzene rings is 3. The zero-order valence-corrected chi connectivity index (χ0v) is 19.8. The van der Waals surface area contributed by atoms with E-state index < -0.39 is 15.3 Å². The molecule has 4 rings (SSSR count). The lowest BCUT2D eigenvalue weighted by molar-refractivity contribution is 0.593. The summed E-state index contributed by atoms with van der Waals surface area (Å²) in [4.78, 5) is 18.1. The fraction of sp³-hybridized carbons (Fsp3) is 0.160. The van der Waals surface area contributed by atoms with Crippen LogP contribution in [0.2, 0.25) is 0 Å². The highest BCUT2D eigenvalue weighted by Gasteiger charge is 2.18. The highest BCUT2D eigenvalue weighted by atomic mass is 32.2. The Bertz CT molecular complexity index is 1510. The molecule has 1 atom stereocenters. The van der Waals surface area contributed by atoms with Crippen LogP contribution in [-0.2, 0) is 29.4 Å². The lowest BCUT2D eigenvalue weighted by Gasteiger charge is -2.15. The van der Waals surface area contributed by atoms with E-state index >= 15 is 0 Å². The van der Waals surface area contributed by atoms with Crippen LogP contribution in [0.4, 0.5) is 0 Å². The standard InChI is InChI=1S/C25H22N4O3S2/c26-17-20(16-19-6-2-1-3-7-19)33-25-28-23-9-5-4-8-22(23)24(30)29(25)15-14-18-10-12-21(13-11-18)34(27,31)32/h1-13,20H,14-16H2,(H2,27,31,32). The Morgan fingerprint density at radius 2 is 1.65 bits per heavy atom. The van der Waals surface area contributed by atoms with Crippen LogP contribution >= 0.6 is 11.8 Å². The normalized spacial score (nSPS) is 12.4. The molecule has 0 aliphatic carbocycles. The first-order chi connectivity index (χ1) is 16.3. The third kappa shape index (κ3) is 5.54. The Labute approximate surface area is 201 Å². The molecule has 3 aromatic carbocycles. The lowest BCUT2D eigenvalue weighted by atomic mass is 10.1. The summed E-state index contributed by atoms with van der Waals surface area (Å²) in [5.74, 6) is 0. The van der Waals surface area contributed by atoms with Crippen molar-refractivity contribution in [2.24, 2.45) is 5.14 Å². The second-order valence-corrected chi connectivity index (χ2v) is 10.5. The van der Waals surface area contributed by atoms with E-state index in [4.69, 9.17) is 10.1 Å². The van der Waals surface area contributed by atoms with E-state index in [1.807, 2.05) is 36.4 Å². The van der Waals surface area contributed by atoms with Crippen molar-refractivity contribution in [3.05, 3.63) is 100 Å². The molecule has 34 heavy (non-hydrogen) atoms. The van der Waals surface area contributed by atoms with E-state index in [-0.39, 0.29) is 10.5 Å². The molecular weight excluding hydrogens is 468 g/mol. The first-order valence-corrected chi connectivity index (χ1v) is 13.0. The van der Waals surface area contributed by atoms with Crippen LogP contribution in [0.5, 0.6) is 0 Å². The second-order valence-electron chi connectivity index (χ2n) is 7.73. The van der Waals surface area contributed by atoms with Gasteiger partial charge in [0.25, 0.3) is 5.56 Å². The zero-order valence-electron chi connectivity index (χ0n) is 18.2. The average Bonchev–Trinajstić information content (AvgIpc) is 2.84. The summed E-state index contributed by atoms with van der Waals surface area (Å²) >= 11 is 1.28. The van der Waals surface area contributed by atoms with Crippen molar-refractivity contribution < 1.29 is 8.42 Å². The Morgan fingerprint density at radius 1 is 0.971 bits per heavy atom. The highest BCUT2D eigenvalue weighted by molar-refractivity contribution is 8.00. The van der Waals surface area contributed by atoms with Gasteiger partial charge in [-0.1, -0.05) is 66.4 Å².